The zero-order chi connectivity index (χ0) is 29.0. The van der Waals surface area contributed by atoms with E-state index in [1.165, 1.54) is 19.3 Å². The van der Waals surface area contributed by atoms with Crippen LogP contribution in [-0.2, 0) is 4.74 Å². The molecule has 0 saturated carbocycles. The van der Waals surface area contributed by atoms with Crippen molar-refractivity contribution in [2.75, 3.05) is 31.1 Å². The van der Waals surface area contributed by atoms with Gasteiger partial charge in [0.2, 0.25) is 0 Å². The first-order chi connectivity index (χ1) is 21.7. The van der Waals surface area contributed by atoms with E-state index in [0.717, 1.165) is 99.7 Å². The molecule has 9 heteroatoms. The van der Waals surface area contributed by atoms with Crippen LogP contribution < -0.4 is 9.64 Å². The molecule has 6 aromatic rings. The summed E-state index contributed by atoms with van der Waals surface area (Å²) in [6.07, 6.45) is 10.8. The van der Waals surface area contributed by atoms with Gasteiger partial charge < -0.3 is 14.4 Å². The number of unbranched alkanes of at least 4 members (excludes halogenated alkanes) is 2. The Labute approximate surface area is 254 Å². The summed E-state index contributed by atoms with van der Waals surface area (Å²) in [4.78, 5) is 9.95. The average Bonchev–Trinajstić information content (AvgIpc) is 3.88. The Hall–Kier alpha value is -4.73. The first-order valence-electron chi connectivity index (χ1n) is 15.6. The highest BCUT2D eigenvalue weighted by molar-refractivity contribution is 5.87. The maximum atomic E-state index is 6.64. The molecule has 2 N–H and O–H groups in total. The topological polar surface area (TPSA) is 95.2 Å². The number of aromatic nitrogens is 5. The number of aromatic amines is 2. The van der Waals surface area contributed by atoms with Gasteiger partial charge in [-0.1, -0.05) is 24.6 Å². The van der Waals surface area contributed by atoms with Gasteiger partial charge in [0.15, 0.2) is 17.3 Å². The van der Waals surface area contributed by atoms with Gasteiger partial charge in [0.25, 0.3) is 0 Å². The summed E-state index contributed by atoms with van der Waals surface area (Å²) >= 11 is 0. The van der Waals surface area contributed by atoms with Crippen molar-refractivity contribution >= 4 is 33.3 Å². The molecule has 0 unspecified atom stereocenters. The molecule has 9 rings (SSSR count). The van der Waals surface area contributed by atoms with E-state index in [1.54, 1.807) is 0 Å². The van der Waals surface area contributed by atoms with Crippen molar-refractivity contribution in [3.63, 3.8) is 0 Å². The predicted molar refractivity (Wildman–Crippen MR) is 172 cm³/mol. The molecule has 44 heavy (non-hydrogen) atoms. The number of nitrogens with zero attached hydrogens (tertiary/aromatic N) is 5. The Balaban J connectivity index is 1.01. The second-order valence-electron chi connectivity index (χ2n) is 12.2. The number of hydrogen-bond acceptors (Lipinski definition) is 7. The summed E-state index contributed by atoms with van der Waals surface area (Å²) in [5, 5.41) is 16.6. The predicted octanol–water partition coefficient (Wildman–Crippen LogP) is 7.06. The fraction of sp³-hybridized carbons (Fsp3) is 0.286. The maximum Gasteiger partial charge on any atom is 0.176 e. The van der Waals surface area contributed by atoms with Crippen molar-refractivity contribution in [2.45, 2.75) is 37.8 Å². The molecule has 2 bridgehead atoms. The second kappa shape index (κ2) is 10.5. The third-order valence-electron chi connectivity index (χ3n) is 9.45. The van der Waals surface area contributed by atoms with E-state index < -0.39 is 0 Å². The normalized spacial score (nSPS) is 19.0. The number of morpholine rings is 1. The lowest BCUT2D eigenvalue weighted by molar-refractivity contribution is 0.0300. The van der Waals surface area contributed by atoms with Gasteiger partial charge in [-0.3, -0.25) is 15.1 Å². The molecule has 0 aliphatic carbocycles. The van der Waals surface area contributed by atoms with Crippen LogP contribution in [0.15, 0.2) is 79.3 Å². The van der Waals surface area contributed by atoms with Gasteiger partial charge in [-0.15, -0.1) is 0 Å². The van der Waals surface area contributed by atoms with E-state index in [0.29, 0.717) is 12.1 Å². The third-order valence-corrected chi connectivity index (χ3v) is 9.45. The molecule has 0 amide bonds. The van der Waals surface area contributed by atoms with Crippen LogP contribution in [-0.4, -0.2) is 68.7 Å². The van der Waals surface area contributed by atoms with Crippen molar-refractivity contribution < 1.29 is 9.47 Å². The van der Waals surface area contributed by atoms with Crippen LogP contribution in [0.4, 0.5) is 11.5 Å². The molecule has 0 radical (unpaired) electrons. The minimum Gasteiger partial charge on any atom is -0.451 e. The van der Waals surface area contributed by atoms with Crippen LogP contribution in [0.25, 0.3) is 44.1 Å². The van der Waals surface area contributed by atoms with Crippen LogP contribution in [0.1, 0.15) is 25.7 Å². The summed E-state index contributed by atoms with van der Waals surface area (Å²) in [6.45, 7) is 4.05. The smallest absolute Gasteiger partial charge is 0.176 e. The molecule has 3 aromatic carbocycles. The van der Waals surface area contributed by atoms with E-state index >= 15 is 0 Å². The zero-order valence-electron chi connectivity index (χ0n) is 24.4. The number of rotatable bonds is 8. The molecule has 2 saturated heterocycles. The fourth-order valence-electron chi connectivity index (χ4n) is 7.09. The molecule has 6 heterocycles. The van der Waals surface area contributed by atoms with Crippen molar-refractivity contribution in [3.8, 4) is 33.8 Å². The number of H-pyrrole nitrogens is 2. The molecule has 9 nitrogen and oxygen atoms in total. The van der Waals surface area contributed by atoms with E-state index in [2.05, 4.69) is 90.9 Å². The third kappa shape index (κ3) is 4.51. The van der Waals surface area contributed by atoms with E-state index in [1.807, 2.05) is 18.6 Å². The van der Waals surface area contributed by atoms with Crippen LogP contribution in [0.2, 0.25) is 0 Å². The van der Waals surface area contributed by atoms with Gasteiger partial charge in [-0.25, -0.2) is 4.98 Å². The lowest BCUT2D eigenvalue weighted by atomic mass is 10.0. The first kappa shape index (κ1) is 25.7. The summed E-state index contributed by atoms with van der Waals surface area (Å²) in [5.41, 5.74) is 7.43. The average molecular weight is 584 g/mol. The van der Waals surface area contributed by atoms with Crippen LogP contribution in [0.5, 0.6) is 11.5 Å². The van der Waals surface area contributed by atoms with E-state index in [-0.39, 0.29) is 0 Å². The van der Waals surface area contributed by atoms with E-state index in [4.69, 9.17) is 14.5 Å². The number of ether oxygens (including phenoxy) is 2. The van der Waals surface area contributed by atoms with Gasteiger partial charge in [0.1, 0.15) is 0 Å². The monoisotopic (exact) mass is 583 g/mol. The number of fused-ring (bicyclic) bond motifs is 6. The molecule has 220 valence electrons. The molecular weight excluding hydrogens is 550 g/mol. The number of nitrogens with one attached hydrogen (secondary N) is 2. The van der Waals surface area contributed by atoms with Crippen LogP contribution in [0, 0.1) is 0 Å². The largest absolute Gasteiger partial charge is 0.451 e. The Morgan fingerprint density at radius 2 is 1.43 bits per heavy atom. The van der Waals surface area contributed by atoms with Crippen LogP contribution >= 0.6 is 0 Å². The molecule has 3 aromatic heterocycles. The number of pyridine rings is 1. The van der Waals surface area contributed by atoms with Crippen molar-refractivity contribution in [3.05, 3.63) is 79.3 Å². The number of hydrogen-bond donors (Lipinski definition) is 2. The fourth-order valence-corrected chi connectivity index (χ4v) is 7.09. The summed E-state index contributed by atoms with van der Waals surface area (Å²) in [7, 11) is 0. The highest BCUT2D eigenvalue weighted by Gasteiger charge is 2.38. The van der Waals surface area contributed by atoms with Crippen molar-refractivity contribution in [1.82, 2.24) is 30.3 Å². The quantitative estimate of drug-likeness (QED) is 0.185. The van der Waals surface area contributed by atoms with E-state index in [9.17, 15) is 0 Å². The zero-order valence-corrected chi connectivity index (χ0v) is 24.4. The molecule has 0 spiro atoms. The lowest BCUT2D eigenvalue weighted by Gasteiger charge is -2.32. The highest BCUT2D eigenvalue weighted by atomic mass is 16.5. The van der Waals surface area contributed by atoms with Gasteiger partial charge in [0.05, 0.1) is 41.8 Å². The van der Waals surface area contributed by atoms with Crippen molar-refractivity contribution in [1.29, 1.82) is 0 Å². The van der Waals surface area contributed by atoms with Gasteiger partial charge in [-0.2, -0.15) is 10.2 Å². The molecule has 2 atom stereocenters. The van der Waals surface area contributed by atoms with Crippen LogP contribution in [0.3, 0.4) is 0 Å². The standard InChI is InChI=1S/C35H33N7O2/c1(2-10-41-20-29-16-28(41)21-43-29)3-11-42-32-9-6-24(22-4-7-30-26(12-22)18-37-39-30)14-33(32)44-34-15-25(17-36-35(34)42)23-5-8-31-27(13-23)19-38-40-31/h4-9,12-15,17-19,28-29H,1-3,10-11,16,20-21H2,(H,37,39)(H,38,40)/t28-,29-/m0/s1. The SMILES string of the molecule is c1cc2c(cc1-c1ccc3[nH]ncc3c1)Oc1cc(-c3ccc4[nH]ncc4c3)cnc1N2CCCCCN1C[C@@H]2C[C@H]1CO2. The van der Waals surface area contributed by atoms with Gasteiger partial charge in [0, 0.05) is 41.7 Å². The number of likely N-dealkylation sites (tertiary alicyclic amines) is 1. The molecule has 3 aliphatic heterocycles. The van der Waals surface area contributed by atoms with Crippen molar-refractivity contribution in [2.24, 2.45) is 0 Å². The number of benzene rings is 3. The molecule has 2 fully saturated rings. The highest BCUT2D eigenvalue weighted by Crippen LogP contribution is 2.48. The second-order valence-corrected chi connectivity index (χ2v) is 12.2. The molecular formula is C35H33N7O2. The first-order valence-corrected chi connectivity index (χ1v) is 15.6. The molecule has 3 aliphatic rings. The maximum absolute atomic E-state index is 6.64. The lowest BCUT2D eigenvalue weighted by Crippen LogP contribution is -2.37. The minimum atomic E-state index is 0.463. The Kier molecular flexibility index (Phi) is 6.12. The summed E-state index contributed by atoms with van der Waals surface area (Å²) < 4.78 is 12.4. The Morgan fingerprint density at radius 1 is 0.727 bits per heavy atom. The van der Waals surface area contributed by atoms with Gasteiger partial charge in [-0.05, 0) is 85.0 Å². The Morgan fingerprint density at radius 3 is 2.18 bits per heavy atom. The minimum absolute atomic E-state index is 0.463. The summed E-state index contributed by atoms with van der Waals surface area (Å²) in [6, 6.07) is 21.9. The van der Waals surface area contributed by atoms with Gasteiger partial charge >= 0.3 is 0 Å². The Bertz CT molecular complexity index is 1870. The number of anilines is 2. The summed E-state index contributed by atoms with van der Waals surface area (Å²) in [5.74, 6) is 2.49.